The normalized spacial score (nSPS) is 29.8. The predicted octanol–water partition coefficient (Wildman–Crippen LogP) is 2.48. The first-order chi connectivity index (χ1) is 18.0. The highest BCUT2D eigenvalue weighted by atomic mass is 16.3. The lowest BCUT2D eigenvalue weighted by molar-refractivity contribution is -0.117. The molecule has 3 aromatic rings. The van der Waals surface area contributed by atoms with Gasteiger partial charge in [0.2, 0.25) is 5.91 Å². The summed E-state index contributed by atoms with van der Waals surface area (Å²) in [6.45, 7) is 4.61. The van der Waals surface area contributed by atoms with Gasteiger partial charge >= 0.3 is 0 Å². The third kappa shape index (κ3) is 4.39. The largest absolute Gasteiger partial charge is 0.391 e. The Morgan fingerprint density at radius 2 is 1.86 bits per heavy atom. The number of hydrogen-bond donors (Lipinski definition) is 2. The Morgan fingerprint density at radius 1 is 1.00 bits per heavy atom. The van der Waals surface area contributed by atoms with Crippen LogP contribution in [0.15, 0.2) is 43.0 Å². The molecule has 4 aliphatic rings. The van der Waals surface area contributed by atoms with Crippen LogP contribution in [0.3, 0.4) is 0 Å². The highest BCUT2D eigenvalue weighted by molar-refractivity contribution is 5.94. The third-order valence-corrected chi connectivity index (χ3v) is 8.21. The van der Waals surface area contributed by atoms with Crippen molar-refractivity contribution in [3.63, 3.8) is 0 Å². The number of nitrogens with one attached hydrogen (secondary N) is 1. The van der Waals surface area contributed by atoms with Gasteiger partial charge in [-0.15, -0.1) is 0 Å². The topological polar surface area (TPSA) is 120 Å². The average Bonchev–Trinajstić information content (AvgIpc) is 3.79. The first-order valence-corrected chi connectivity index (χ1v) is 13.1. The molecule has 2 aliphatic heterocycles. The van der Waals surface area contributed by atoms with Crippen molar-refractivity contribution in [3.05, 3.63) is 60.1 Å². The number of aliphatic hydroxyl groups is 1. The zero-order valence-corrected chi connectivity index (χ0v) is 20.7. The number of β-amino-alcohol motifs (C(OH)–C–C–N with tert-alkyl or cyclic N) is 1. The van der Waals surface area contributed by atoms with Crippen LogP contribution < -0.4 is 15.1 Å². The molecule has 6 atom stereocenters. The molecular weight excluding hydrogens is 468 g/mol. The molecule has 7 rings (SSSR count). The summed E-state index contributed by atoms with van der Waals surface area (Å²) in [6, 6.07) is 7.80. The van der Waals surface area contributed by atoms with Crippen molar-refractivity contribution in [1.82, 2.24) is 24.9 Å². The lowest BCUT2D eigenvalue weighted by atomic mass is 10.1. The van der Waals surface area contributed by atoms with Crippen molar-refractivity contribution < 1.29 is 9.90 Å². The minimum Gasteiger partial charge on any atom is -0.391 e. The van der Waals surface area contributed by atoms with Gasteiger partial charge in [0.05, 0.1) is 12.1 Å². The monoisotopic (exact) mass is 498 g/mol. The molecule has 1 amide bonds. The maximum Gasteiger partial charge on any atom is 0.229 e. The standard InChI is InChI=1S/C27H30N8O2/c1-15-4-5-28-26(32-15)20-8-21(20)27(37)33-23-9-25(31-14-30-23)35-13-19(36)7-22(35)16-2-3-24(29-10-16)34-11-17-6-18(17)12-34/h2-5,9-10,14,17-22,36H,6-8,11-13H2,1H3,(H,30,31,33,37)/t17?,18?,19-,20-,21-,22-/m0/s1. The van der Waals surface area contributed by atoms with Crippen molar-refractivity contribution in [2.75, 3.05) is 34.8 Å². The van der Waals surface area contributed by atoms with Crippen molar-refractivity contribution >= 4 is 23.4 Å². The van der Waals surface area contributed by atoms with Crippen molar-refractivity contribution in [1.29, 1.82) is 0 Å². The Balaban J connectivity index is 1.04. The van der Waals surface area contributed by atoms with Crippen LogP contribution in [0.4, 0.5) is 17.5 Å². The van der Waals surface area contributed by atoms with Crippen LogP contribution in [0.1, 0.15) is 48.3 Å². The zero-order chi connectivity index (χ0) is 25.1. The van der Waals surface area contributed by atoms with Crippen LogP contribution in [-0.2, 0) is 4.79 Å². The molecule has 2 unspecified atom stereocenters. The number of amides is 1. The number of carbonyl (C=O) groups is 1. The summed E-state index contributed by atoms with van der Waals surface area (Å²) in [4.78, 5) is 39.6. The molecule has 3 aromatic heterocycles. The molecular formula is C27H30N8O2. The molecule has 2 saturated carbocycles. The number of aromatic nitrogens is 5. The number of hydrogen-bond acceptors (Lipinski definition) is 9. The number of rotatable bonds is 6. The van der Waals surface area contributed by atoms with E-state index in [1.165, 1.54) is 12.7 Å². The molecule has 10 heteroatoms. The van der Waals surface area contributed by atoms with Crippen molar-refractivity contribution in [2.45, 2.75) is 44.2 Å². The van der Waals surface area contributed by atoms with Crippen LogP contribution in [0, 0.1) is 24.7 Å². The third-order valence-electron chi connectivity index (χ3n) is 8.21. The van der Waals surface area contributed by atoms with Gasteiger partial charge in [0, 0.05) is 55.6 Å². The highest BCUT2D eigenvalue weighted by Crippen LogP contribution is 2.47. The molecule has 2 aliphatic carbocycles. The van der Waals surface area contributed by atoms with Crippen LogP contribution >= 0.6 is 0 Å². The van der Waals surface area contributed by atoms with E-state index in [0.29, 0.717) is 24.6 Å². The molecule has 10 nitrogen and oxygen atoms in total. The fourth-order valence-electron chi connectivity index (χ4n) is 5.96. The molecule has 190 valence electrons. The summed E-state index contributed by atoms with van der Waals surface area (Å²) in [5.74, 6) is 4.39. The first kappa shape index (κ1) is 22.5. The number of aliphatic hydroxyl groups excluding tert-OH is 1. The van der Waals surface area contributed by atoms with E-state index in [1.54, 1.807) is 12.3 Å². The number of carbonyl (C=O) groups excluding carboxylic acids is 1. The smallest absolute Gasteiger partial charge is 0.229 e. The van der Waals surface area contributed by atoms with E-state index in [9.17, 15) is 9.90 Å². The number of pyridine rings is 1. The summed E-state index contributed by atoms with van der Waals surface area (Å²) >= 11 is 0. The number of anilines is 3. The first-order valence-electron chi connectivity index (χ1n) is 13.1. The van der Waals surface area contributed by atoms with Gasteiger partial charge in [0.25, 0.3) is 0 Å². The number of aryl methyl sites for hydroxylation is 1. The fraction of sp³-hybridized carbons (Fsp3) is 0.481. The summed E-state index contributed by atoms with van der Waals surface area (Å²) in [5, 5.41) is 13.5. The highest BCUT2D eigenvalue weighted by Gasteiger charge is 2.47. The molecule has 0 spiro atoms. The molecule has 5 heterocycles. The van der Waals surface area contributed by atoms with E-state index in [2.05, 4.69) is 47.2 Å². The van der Waals surface area contributed by atoms with E-state index < -0.39 is 6.10 Å². The average molecular weight is 499 g/mol. The molecule has 2 saturated heterocycles. The minimum absolute atomic E-state index is 0.0427. The summed E-state index contributed by atoms with van der Waals surface area (Å²) in [6.07, 6.45) is 7.36. The van der Waals surface area contributed by atoms with Gasteiger partial charge in [-0.3, -0.25) is 4.79 Å². The Bertz CT molecular complexity index is 1320. The van der Waals surface area contributed by atoms with Crippen LogP contribution in [-0.4, -0.2) is 61.7 Å². The second-order valence-corrected chi connectivity index (χ2v) is 10.9. The van der Waals surface area contributed by atoms with E-state index in [0.717, 1.165) is 54.2 Å². The maximum atomic E-state index is 12.9. The van der Waals surface area contributed by atoms with Gasteiger partial charge < -0.3 is 20.2 Å². The molecule has 0 bridgehead atoms. The summed E-state index contributed by atoms with van der Waals surface area (Å²) in [5.41, 5.74) is 1.95. The van der Waals surface area contributed by atoms with Gasteiger partial charge in [-0.25, -0.2) is 24.9 Å². The second kappa shape index (κ2) is 8.72. The number of fused-ring (bicyclic) bond motifs is 1. The number of nitrogens with zero attached hydrogens (tertiary/aromatic N) is 7. The Kier molecular flexibility index (Phi) is 5.31. The van der Waals surface area contributed by atoms with E-state index >= 15 is 0 Å². The van der Waals surface area contributed by atoms with Crippen LogP contribution in [0.2, 0.25) is 0 Å². The maximum absolute atomic E-state index is 12.9. The van der Waals surface area contributed by atoms with Crippen LogP contribution in [0.5, 0.6) is 0 Å². The van der Waals surface area contributed by atoms with Gasteiger partial charge in [-0.2, -0.15) is 0 Å². The summed E-state index contributed by atoms with van der Waals surface area (Å²) in [7, 11) is 0. The Morgan fingerprint density at radius 3 is 2.65 bits per heavy atom. The molecule has 4 fully saturated rings. The Hall–Kier alpha value is -3.66. The molecule has 0 aromatic carbocycles. The lowest BCUT2D eigenvalue weighted by Crippen LogP contribution is -2.26. The van der Waals surface area contributed by atoms with Crippen molar-refractivity contribution in [3.8, 4) is 0 Å². The van der Waals surface area contributed by atoms with E-state index in [-0.39, 0.29) is 23.8 Å². The van der Waals surface area contributed by atoms with Gasteiger partial charge in [0.1, 0.15) is 29.6 Å². The number of piperidine rings is 1. The zero-order valence-electron chi connectivity index (χ0n) is 20.7. The molecule has 2 N–H and O–H groups in total. The minimum atomic E-state index is -0.468. The Labute approximate surface area is 215 Å². The lowest BCUT2D eigenvalue weighted by Gasteiger charge is -2.26. The molecule has 0 radical (unpaired) electrons. The van der Waals surface area contributed by atoms with Crippen molar-refractivity contribution in [2.24, 2.45) is 17.8 Å². The second-order valence-electron chi connectivity index (χ2n) is 10.9. The van der Waals surface area contributed by atoms with E-state index in [1.807, 2.05) is 19.2 Å². The van der Waals surface area contributed by atoms with Gasteiger partial charge in [-0.05, 0) is 55.7 Å². The summed E-state index contributed by atoms with van der Waals surface area (Å²) < 4.78 is 0. The van der Waals surface area contributed by atoms with E-state index in [4.69, 9.17) is 4.98 Å². The SMILES string of the molecule is Cc1ccnc([C@H]2C[C@@H]2C(=O)Nc2cc(N3C[C@@H](O)C[C@H]3c3ccc(N4CC5CC5C4)nc3)ncn2)n1. The fourth-order valence-corrected chi connectivity index (χ4v) is 5.96. The van der Waals surface area contributed by atoms with Gasteiger partial charge in [0.15, 0.2) is 0 Å². The van der Waals surface area contributed by atoms with Gasteiger partial charge in [-0.1, -0.05) is 6.07 Å². The van der Waals surface area contributed by atoms with Crippen LogP contribution in [0.25, 0.3) is 0 Å². The quantitative estimate of drug-likeness (QED) is 0.528. The predicted molar refractivity (Wildman–Crippen MR) is 137 cm³/mol. The molecule has 37 heavy (non-hydrogen) atoms.